The van der Waals surface area contributed by atoms with E-state index in [9.17, 15) is 9.90 Å². The molecule has 1 fully saturated rings. The Morgan fingerprint density at radius 3 is 2.17 bits per heavy atom. The van der Waals surface area contributed by atoms with Crippen LogP contribution in [0.15, 0.2) is 48.5 Å². The molecule has 1 saturated heterocycles. The van der Waals surface area contributed by atoms with Crippen LogP contribution in [-0.4, -0.2) is 75.6 Å². The van der Waals surface area contributed by atoms with Gasteiger partial charge >= 0.3 is 5.97 Å². The third-order valence-corrected chi connectivity index (χ3v) is 5.00. The van der Waals surface area contributed by atoms with E-state index in [2.05, 4.69) is 26.7 Å². The number of rotatable bonds is 8. The van der Waals surface area contributed by atoms with Crippen LogP contribution in [0.1, 0.15) is 10.4 Å². The molecule has 0 spiro atoms. The van der Waals surface area contributed by atoms with Crippen molar-refractivity contribution >= 4 is 11.7 Å². The number of anilines is 1. The maximum atomic E-state index is 11.4. The predicted molar refractivity (Wildman–Crippen MR) is 111 cm³/mol. The van der Waals surface area contributed by atoms with E-state index in [0.717, 1.165) is 31.9 Å². The number of nitrogens with zero attached hydrogens (tertiary/aromatic N) is 2. The van der Waals surface area contributed by atoms with Crippen LogP contribution in [0.25, 0.3) is 0 Å². The minimum absolute atomic E-state index is 0.205. The molecule has 1 heterocycles. The highest BCUT2D eigenvalue weighted by atomic mass is 16.5. The van der Waals surface area contributed by atoms with Crippen LogP contribution < -0.4 is 14.4 Å². The summed E-state index contributed by atoms with van der Waals surface area (Å²) in [6.07, 6.45) is -0.581. The molecule has 0 amide bonds. The van der Waals surface area contributed by atoms with Gasteiger partial charge in [-0.3, -0.25) is 4.90 Å². The molecular weight excluding hydrogens is 372 g/mol. The summed E-state index contributed by atoms with van der Waals surface area (Å²) in [4.78, 5) is 16.0. The fraction of sp³-hybridized carbons (Fsp3) is 0.409. The fourth-order valence-corrected chi connectivity index (χ4v) is 3.33. The Morgan fingerprint density at radius 1 is 0.966 bits per heavy atom. The Labute approximate surface area is 171 Å². The van der Waals surface area contributed by atoms with E-state index in [1.54, 1.807) is 31.4 Å². The first-order valence-corrected chi connectivity index (χ1v) is 9.69. The van der Waals surface area contributed by atoms with Crippen LogP contribution in [0, 0.1) is 0 Å². The lowest BCUT2D eigenvalue weighted by atomic mass is 10.2. The molecule has 3 rings (SSSR count). The Bertz CT molecular complexity index is 771. The topological polar surface area (TPSA) is 71.5 Å². The van der Waals surface area contributed by atoms with Gasteiger partial charge in [-0.1, -0.05) is 0 Å². The highest BCUT2D eigenvalue weighted by Gasteiger charge is 2.20. The van der Waals surface area contributed by atoms with Gasteiger partial charge in [0.2, 0.25) is 0 Å². The molecule has 1 atom stereocenters. The van der Waals surface area contributed by atoms with Crippen molar-refractivity contribution in [3.63, 3.8) is 0 Å². The maximum absolute atomic E-state index is 11.4. The van der Waals surface area contributed by atoms with E-state index in [0.29, 0.717) is 17.9 Å². The number of carbonyl (C=O) groups excluding carboxylic acids is 1. The van der Waals surface area contributed by atoms with Crippen LogP contribution in [0.3, 0.4) is 0 Å². The Hall–Kier alpha value is -2.77. The highest BCUT2D eigenvalue weighted by Crippen LogP contribution is 2.20. The van der Waals surface area contributed by atoms with Gasteiger partial charge in [-0.05, 0) is 48.5 Å². The summed E-state index contributed by atoms with van der Waals surface area (Å²) in [5.41, 5.74) is 1.65. The second-order valence-electron chi connectivity index (χ2n) is 6.97. The van der Waals surface area contributed by atoms with E-state index in [1.807, 2.05) is 12.1 Å². The van der Waals surface area contributed by atoms with E-state index in [1.165, 1.54) is 12.8 Å². The lowest BCUT2D eigenvalue weighted by Gasteiger charge is -2.36. The summed E-state index contributed by atoms with van der Waals surface area (Å²) in [5.74, 6) is 1.09. The number of methoxy groups -OCH3 is 2. The first-order chi connectivity index (χ1) is 14.1. The molecule has 1 aliphatic rings. The standard InChI is InChI=1S/C22H28N2O5/c1-27-20-9-5-18(6-10-20)24-13-11-23(12-14-24)15-19(25)16-29-21-7-3-17(4-8-21)22(26)28-2/h3-10,19,25H,11-16H2,1-2H3/t19-/m0/s1. The van der Waals surface area contributed by atoms with Gasteiger partial charge in [0, 0.05) is 38.4 Å². The van der Waals surface area contributed by atoms with Crippen LogP contribution >= 0.6 is 0 Å². The maximum Gasteiger partial charge on any atom is 0.337 e. The molecule has 7 heteroatoms. The Morgan fingerprint density at radius 2 is 1.59 bits per heavy atom. The zero-order valence-corrected chi connectivity index (χ0v) is 16.9. The molecule has 1 aliphatic heterocycles. The molecule has 7 nitrogen and oxygen atoms in total. The summed E-state index contributed by atoms with van der Waals surface area (Å²) in [7, 11) is 3.01. The third-order valence-electron chi connectivity index (χ3n) is 5.00. The van der Waals surface area contributed by atoms with Gasteiger partial charge in [0.25, 0.3) is 0 Å². The molecule has 2 aromatic carbocycles. The average Bonchev–Trinajstić information content (AvgIpc) is 2.78. The quantitative estimate of drug-likeness (QED) is 0.680. The van der Waals surface area contributed by atoms with Gasteiger partial charge in [0.05, 0.1) is 19.8 Å². The number of aliphatic hydroxyl groups is 1. The minimum Gasteiger partial charge on any atom is -0.497 e. The number of benzene rings is 2. The molecule has 156 valence electrons. The predicted octanol–water partition coefficient (Wildman–Crippen LogP) is 2.04. The summed E-state index contributed by atoms with van der Waals surface area (Å²) < 4.78 is 15.5. The van der Waals surface area contributed by atoms with E-state index >= 15 is 0 Å². The third kappa shape index (κ3) is 5.85. The molecule has 1 N–H and O–H groups in total. The zero-order valence-electron chi connectivity index (χ0n) is 16.9. The largest absolute Gasteiger partial charge is 0.497 e. The minimum atomic E-state index is -0.581. The van der Waals surface area contributed by atoms with Crippen molar-refractivity contribution in [2.24, 2.45) is 0 Å². The Balaban J connectivity index is 1.40. The fourth-order valence-electron chi connectivity index (χ4n) is 3.33. The molecule has 0 radical (unpaired) electrons. The number of hydrogen-bond donors (Lipinski definition) is 1. The van der Waals surface area contributed by atoms with Crippen molar-refractivity contribution < 1.29 is 24.1 Å². The SMILES string of the molecule is COC(=O)c1ccc(OC[C@@H](O)CN2CCN(c3ccc(OC)cc3)CC2)cc1. The van der Waals surface area contributed by atoms with E-state index < -0.39 is 6.10 Å². The number of aliphatic hydroxyl groups excluding tert-OH is 1. The van der Waals surface area contributed by atoms with Crippen molar-refractivity contribution in [1.82, 2.24) is 4.90 Å². The van der Waals surface area contributed by atoms with Crippen molar-refractivity contribution in [3.05, 3.63) is 54.1 Å². The highest BCUT2D eigenvalue weighted by molar-refractivity contribution is 5.89. The van der Waals surface area contributed by atoms with E-state index in [-0.39, 0.29) is 12.6 Å². The van der Waals surface area contributed by atoms with Crippen LogP contribution in [0.4, 0.5) is 5.69 Å². The van der Waals surface area contributed by atoms with Gasteiger partial charge in [-0.15, -0.1) is 0 Å². The van der Waals surface area contributed by atoms with Gasteiger partial charge < -0.3 is 24.2 Å². The second-order valence-corrected chi connectivity index (χ2v) is 6.97. The zero-order chi connectivity index (χ0) is 20.6. The van der Waals surface area contributed by atoms with Crippen LogP contribution in [0.5, 0.6) is 11.5 Å². The van der Waals surface area contributed by atoms with Gasteiger partial charge in [-0.25, -0.2) is 4.79 Å². The van der Waals surface area contributed by atoms with Crippen molar-refractivity contribution in [2.45, 2.75) is 6.10 Å². The lowest BCUT2D eigenvalue weighted by Crippen LogP contribution is -2.49. The first kappa shape index (κ1) is 21.0. The van der Waals surface area contributed by atoms with E-state index in [4.69, 9.17) is 9.47 Å². The Kier molecular flexibility index (Phi) is 7.32. The summed E-state index contributed by atoms with van der Waals surface area (Å²) in [5, 5.41) is 10.3. The van der Waals surface area contributed by atoms with Crippen molar-refractivity contribution in [2.75, 3.05) is 58.5 Å². The summed E-state index contributed by atoms with van der Waals surface area (Å²) in [6, 6.07) is 14.8. The number of carbonyl (C=O) groups is 1. The average molecular weight is 400 g/mol. The summed E-state index contributed by atoms with van der Waals surface area (Å²) in [6.45, 7) is 4.37. The number of ether oxygens (including phenoxy) is 3. The second kappa shape index (κ2) is 10.1. The molecule has 2 aromatic rings. The summed E-state index contributed by atoms with van der Waals surface area (Å²) >= 11 is 0. The number of hydrogen-bond acceptors (Lipinski definition) is 7. The number of esters is 1. The van der Waals surface area contributed by atoms with Crippen LogP contribution in [-0.2, 0) is 4.74 Å². The molecule has 0 bridgehead atoms. The normalized spacial score (nSPS) is 15.6. The van der Waals surface area contributed by atoms with Gasteiger partial charge in [0.15, 0.2) is 0 Å². The van der Waals surface area contributed by atoms with Gasteiger partial charge in [-0.2, -0.15) is 0 Å². The van der Waals surface area contributed by atoms with Crippen molar-refractivity contribution in [3.8, 4) is 11.5 Å². The number of piperazine rings is 1. The molecule has 0 saturated carbocycles. The number of β-amino-alcohol motifs (C(OH)–C–C–N with tert-alkyl or cyclic N) is 1. The monoisotopic (exact) mass is 400 g/mol. The van der Waals surface area contributed by atoms with Crippen molar-refractivity contribution in [1.29, 1.82) is 0 Å². The smallest absolute Gasteiger partial charge is 0.337 e. The van der Waals surface area contributed by atoms with Crippen LogP contribution in [0.2, 0.25) is 0 Å². The molecule has 29 heavy (non-hydrogen) atoms. The van der Waals surface area contributed by atoms with Gasteiger partial charge in [0.1, 0.15) is 24.2 Å². The molecule has 0 unspecified atom stereocenters. The molecule has 0 aromatic heterocycles. The first-order valence-electron chi connectivity index (χ1n) is 9.69. The molecular formula is C22H28N2O5. The molecule has 0 aliphatic carbocycles. The lowest BCUT2D eigenvalue weighted by molar-refractivity contribution is 0.0599.